The Morgan fingerprint density at radius 2 is 0.904 bits per heavy atom. The molecule has 3 nitrogen and oxygen atoms in total. The summed E-state index contributed by atoms with van der Waals surface area (Å²) in [5.41, 5.74) is 14.6. The Morgan fingerprint density at radius 1 is 0.404 bits per heavy atom. The monoisotopic (exact) mass is 663 g/mol. The summed E-state index contributed by atoms with van der Waals surface area (Å²) >= 11 is 0. The highest BCUT2D eigenvalue weighted by atomic mass is 15.0. The van der Waals surface area contributed by atoms with Crippen LogP contribution < -0.4 is 0 Å². The van der Waals surface area contributed by atoms with E-state index in [0.717, 1.165) is 39.0 Å². The minimum absolute atomic E-state index is 0.606. The van der Waals surface area contributed by atoms with Crippen molar-refractivity contribution < 1.29 is 0 Å². The molecular weight excluding hydrogens is 631 g/mol. The summed E-state index contributed by atoms with van der Waals surface area (Å²) in [5, 5.41) is 2.60. The summed E-state index contributed by atoms with van der Waals surface area (Å²) in [5.74, 6) is 1.84. The van der Waals surface area contributed by atoms with Crippen LogP contribution in [-0.4, -0.2) is 15.0 Å². The highest BCUT2D eigenvalue weighted by Crippen LogP contribution is 2.49. The number of allylic oxidation sites excluding steroid dienone is 4. The van der Waals surface area contributed by atoms with Crippen LogP contribution >= 0.6 is 0 Å². The van der Waals surface area contributed by atoms with Gasteiger partial charge in [-0.25, -0.2) is 15.0 Å². The summed E-state index contributed by atoms with van der Waals surface area (Å²) in [6.45, 7) is 7.86. The quantitative estimate of drug-likeness (QED) is 0.152. The van der Waals surface area contributed by atoms with Gasteiger partial charge < -0.3 is 0 Å². The first kappa shape index (κ1) is 31.0. The first-order valence-corrected chi connectivity index (χ1v) is 17.4. The third kappa shape index (κ3) is 5.46. The Bertz CT molecular complexity index is 2690. The predicted octanol–water partition coefficient (Wildman–Crippen LogP) is 12.8. The third-order valence-electron chi connectivity index (χ3n) is 9.81. The van der Waals surface area contributed by atoms with Gasteiger partial charge in [-0.3, -0.25) is 0 Å². The van der Waals surface area contributed by atoms with Crippen molar-refractivity contribution in [2.45, 2.75) is 0 Å². The molecule has 1 aromatic heterocycles. The van der Waals surface area contributed by atoms with Crippen molar-refractivity contribution in [2.24, 2.45) is 0 Å². The predicted molar refractivity (Wildman–Crippen MR) is 217 cm³/mol. The fourth-order valence-electron chi connectivity index (χ4n) is 7.36. The number of fused-ring (bicyclic) bond motifs is 3. The number of benzene rings is 7. The van der Waals surface area contributed by atoms with Crippen LogP contribution in [0.25, 0.3) is 95.0 Å². The molecule has 0 spiro atoms. The average molecular weight is 664 g/mol. The summed E-state index contributed by atoms with van der Waals surface area (Å²) in [6, 6.07) is 55.5. The molecule has 52 heavy (non-hydrogen) atoms. The van der Waals surface area contributed by atoms with E-state index in [4.69, 9.17) is 15.0 Å². The smallest absolute Gasteiger partial charge is 0.164 e. The molecule has 3 heteroatoms. The van der Waals surface area contributed by atoms with E-state index in [1.54, 1.807) is 6.08 Å². The average Bonchev–Trinajstić information content (AvgIpc) is 3.55. The van der Waals surface area contributed by atoms with E-state index in [0.29, 0.717) is 17.5 Å². The van der Waals surface area contributed by atoms with Crippen LogP contribution in [0.15, 0.2) is 189 Å². The van der Waals surface area contributed by atoms with Crippen LogP contribution in [0.4, 0.5) is 0 Å². The van der Waals surface area contributed by atoms with Crippen LogP contribution in [0.2, 0.25) is 0 Å². The van der Waals surface area contributed by atoms with Gasteiger partial charge in [0.25, 0.3) is 0 Å². The second-order valence-corrected chi connectivity index (χ2v) is 12.9. The molecule has 0 fully saturated rings. The highest BCUT2D eigenvalue weighted by Gasteiger charge is 2.22. The van der Waals surface area contributed by atoms with E-state index in [-0.39, 0.29) is 0 Å². The lowest BCUT2D eigenvalue weighted by Crippen LogP contribution is -2.00. The van der Waals surface area contributed by atoms with Gasteiger partial charge in [0.1, 0.15) is 0 Å². The van der Waals surface area contributed by atoms with Gasteiger partial charge in [-0.2, -0.15) is 0 Å². The van der Waals surface area contributed by atoms with Crippen molar-refractivity contribution in [1.29, 1.82) is 0 Å². The van der Waals surface area contributed by atoms with Gasteiger partial charge in [0.05, 0.1) is 0 Å². The van der Waals surface area contributed by atoms with Gasteiger partial charge in [-0.15, -0.1) is 0 Å². The number of nitrogens with zero attached hydrogens (tertiary/aromatic N) is 3. The summed E-state index contributed by atoms with van der Waals surface area (Å²) in [7, 11) is 0. The molecule has 0 aliphatic heterocycles. The zero-order valence-corrected chi connectivity index (χ0v) is 28.5. The maximum Gasteiger partial charge on any atom is 0.164 e. The largest absolute Gasteiger partial charge is 0.208 e. The number of aromatic nitrogens is 3. The number of hydrogen-bond donors (Lipinski definition) is 0. The Hall–Kier alpha value is -6.97. The highest BCUT2D eigenvalue weighted by molar-refractivity contribution is 6.18. The van der Waals surface area contributed by atoms with Gasteiger partial charge in [0.15, 0.2) is 17.5 Å². The van der Waals surface area contributed by atoms with E-state index in [1.807, 2.05) is 54.6 Å². The van der Waals surface area contributed by atoms with Crippen molar-refractivity contribution in [3.63, 3.8) is 0 Å². The maximum absolute atomic E-state index is 5.06. The lowest BCUT2D eigenvalue weighted by Gasteiger charge is -2.12. The molecule has 0 N–H and O–H groups in total. The van der Waals surface area contributed by atoms with Crippen LogP contribution in [0, 0.1) is 0 Å². The number of rotatable bonds is 8. The molecular formula is C49H33N3. The van der Waals surface area contributed by atoms with Gasteiger partial charge in [-0.1, -0.05) is 171 Å². The molecule has 1 aliphatic carbocycles. The molecule has 0 atom stereocenters. The van der Waals surface area contributed by atoms with Crippen molar-refractivity contribution in [1.82, 2.24) is 15.0 Å². The Kier molecular flexibility index (Phi) is 7.79. The van der Waals surface area contributed by atoms with E-state index in [2.05, 4.69) is 128 Å². The van der Waals surface area contributed by atoms with Gasteiger partial charge >= 0.3 is 0 Å². The van der Waals surface area contributed by atoms with Gasteiger partial charge in [-0.05, 0) is 84.6 Å². The molecule has 0 unspecified atom stereocenters. The first-order chi connectivity index (χ1) is 25.7. The lowest BCUT2D eigenvalue weighted by molar-refractivity contribution is 1.07. The van der Waals surface area contributed by atoms with Gasteiger partial charge in [0, 0.05) is 16.7 Å². The van der Waals surface area contributed by atoms with Gasteiger partial charge in [0.2, 0.25) is 0 Å². The fourth-order valence-corrected chi connectivity index (χ4v) is 7.36. The van der Waals surface area contributed by atoms with E-state index in [1.165, 1.54) is 44.2 Å². The van der Waals surface area contributed by atoms with Crippen molar-refractivity contribution >= 4 is 16.3 Å². The second kappa shape index (κ2) is 13.1. The Labute approximate surface area is 303 Å². The molecule has 7 aromatic carbocycles. The molecule has 0 radical (unpaired) electrons. The van der Waals surface area contributed by atoms with Crippen LogP contribution in [0.1, 0.15) is 5.56 Å². The SMILES string of the molecule is C=C/C=C(\C=C)c1cccc(-c2nc(-c3ccccc3)nc(-c3cccc(-c4cccc(-c5ccc6c7c(cccc57)-c5ccccc5-6)c4)c3)n2)c1. The fraction of sp³-hybridized carbons (Fsp3) is 0. The zero-order valence-electron chi connectivity index (χ0n) is 28.5. The first-order valence-electron chi connectivity index (χ1n) is 17.4. The van der Waals surface area contributed by atoms with Crippen molar-refractivity contribution in [2.75, 3.05) is 0 Å². The zero-order chi connectivity index (χ0) is 35.0. The van der Waals surface area contributed by atoms with E-state index in [9.17, 15) is 0 Å². The molecule has 244 valence electrons. The molecule has 9 rings (SSSR count). The Balaban J connectivity index is 1.13. The normalized spacial score (nSPS) is 11.7. The third-order valence-corrected chi connectivity index (χ3v) is 9.81. The second-order valence-electron chi connectivity index (χ2n) is 12.9. The summed E-state index contributed by atoms with van der Waals surface area (Å²) in [4.78, 5) is 15.0. The molecule has 0 amide bonds. The van der Waals surface area contributed by atoms with Crippen LogP contribution in [-0.2, 0) is 0 Å². The molecule has 0 bridgehead atoms. The molecule has 0 saturated heterocycles. The number of hydrogen-bond acceptors (Lipinski definition) is 3. The van der Waals surface area contributed by atoms with E-state index < -0.39 is 0 Å². The maximum atomic E-state index is 5.06. The molecule has 8 aromatic rings. The molecule has 1 aliphatic rings. The molecule has 1 heterocycles. The summed E-state index contributed by atoms with van der Waals surface area (Å²) < 4.78 is 0. The van der Waals surface area contributed by atoms with Crippen molar-refractivity contribution in [3.8, 4) is 78.7 Å². The van der Waals surface area contributed by atoms with E-state index >= 15 is 0 Å². The molecule has 0 saturated carbocycles. The topological polar surface area (TPSA) is 38.7 Å². The van der Waals surface area contributed by atoms with Crippen molar-refractivity contribution in [3.05, 3.63) is 195 Å². The summed E-state index contributed by atoms with van der Waals surface area (Å²) in [6.07, 6.45) is 5.55. The Morgan fingerprint density at radius 3 is 1.60 bits per heavy atom. The minimum atomic E-state index is 0.606. The lowest BCUT2D eigenvalue weighted by atomic mass is 9.92. The minimum Gasteiger partial charge on any atom is -0.208 e. The standard InChI is InChI=1S/C49H33N3/c1-3-14-32(4-2)34-17-11-21-38(30-34)48-50-47(33-15-6-5-7-16-33)51-49(52-48)39-22-12-19-36(31-39)35-18-10-20-37(29-35)40-27-28-45-42-24-9-8-23-41(42)44-26-13-25-43(40)46(44)45/h3-31H,1-2H2/b32-14+. The van der Waals surface area contributed by atoms with Crippen LogP contribution in [0.5, 0.6) is 0 Å². The van der Waals surface area contributed by atoms with Crippen LogP contribution in [0.3, 0.4) is 0 Å².